The zero-order valence-corrected chi connectivity index (χ0v) is 13.8. The van der Waals surface area contributed by atoms with Gasteiger partial charge >= 0.3 is 0 Å². The van der Waals surface area contributed by atoms with Crippen LogP contribution >= 0.6 is 11.6 Å². The topological polar surface area (TPSA) is 69.8 Å². The molecule has 0 spiro atoms. The Morgan fingerprint density at radius 3 is 3.08 bits per heavy atom. The summed E-state index contributed by atoms with van der Waals surface area (Å²) in [7, 11) is 0. The van der Waals surface area contributed by atoms with E-state index in [1.807, 2.05) is 0 Å². The molecule has 5 nitrogen and oxygen atoms in total. The summed E-state index contributed by atoms with van der Waals surface area (Å²) >= 11 is 6.09. The van der Waals surface area contributed by atoms with Gasteiger partial charge in [0.05, 0.1) is 17.3 Å². The van der Waals surface area contributed by atoms with Gasteiger partial charge in [-0.3, -0.25) is 9.89 Å². The van der Waals surface area contributed by atoms with Gasteiger partial charge in [0.1, 0.15) is 0 Å². The highest BCUT2D eigenvalue weighted by Gasteiger charge is 2.14. The van der Waals surface area contributed by atoms with Crippen molar-refractivity contribution in [2.24, 2.45) is 0 Å². The SMILES string of the molecule is O=C(NCc1ccc2c(c1)CCNC2)c1cc(Cl)cc2[nH]ncc12. The van der Waals surface area contributed by atoms with Crippen LogP contribution in [-0.2, 0) is 19.5 Å². The van der Waals surface area contributed by atoms with Gasteiger partial charge in [-0.05, 0) is 41.8 Å². The fourth-order valence-corrected chi connectivity index (χ4v) is 3.34. The van der Waals surface area contributed by atoms with Crippen LogP contribution in [0.2, 0.25) is 5.02 Å². The first kappa shape index (κ1) is 15.2. The number of fused-ring (bicyclic) bond motifs is 2. The molecule has 6 heteroatoms. The van der Waals surface area contributed by atoms with E-state index in [0.717, 1.165) is 36.0 Å². The van der Waals surface area contributed by atoms with Crippen LogP contribution in [0, 0.1) is 0 Å². The number of aromatic amines is 1. The minimum Gasteiger partial charge on any atom is -0.348 e. The lowest BCUT2D eigenvalue weighted by molar-refractivity contribution is 0.0952. The first-order chi connectivity index (χ1) is 11.7. The van der Waals surface area contributed by atoms with E-state index in [1.54, 1.807) is 18.3 Å². The van der Waals surface area contributed by atoms with Crippen molar-refractivity contribution in [2.45, 2.75) is 19.5 Å². The van der Waals surface area contributed by atoms with Crippen molar-refractivity contribution in [3.8, 4) is 0 Å². The van der Waals surface area contributed by atoms with Crippen LogP contribution in [0.15, 0.2) is 36.5 Å². The number of hydrogen-bond acceptors (Lipinski definition) is 3. The Kier molecular flexibility index (Phi) is 3.96. The fourth-order valence-electron chi connectivity index (χ4n) is 3.12. The van der Waals surface area contributed by atoms with Crippen LogP contribution in [0.5, 0.6) is 0 Å². The second kappa shape index (κ2) is 6.26. The van der Waals surface area contributed by atoms with Crippen molar-refractivity contribution in [1.29, 1.82) is 0 Å². The Bertz CT molecular complexity index is 919. The molecule has 1 amide bonds. The quantitative estimate of drug-likeness (QED) is 0.686. The number of carbonyl (C=O) groups is 1. The summed E-state index contributed by atoms with van der Waals surface area (Å²) < 4.78 is 0. The molecule has 3 aromatic rings. The predicted octanol–water partition coefficient (Wildman–Crippen LogP) is 2.79. The lowest BCUT2D eigenvalue weighted by Gasteiger charge is -2.18. The first-order valence-electron chi connectivity index (χ1n) is 7.93. The largest absolute Gasteiger partial charge is 0.348 e. The van der Waals surface area contributed by atoms with Crippen LogP contribution in [0.4, 0.5) is 0 Å². The molecule has 2 heterocycles. The van der Waals surface area contributed by atoms with Crippen molar-refractivity contribution < 1.29 is 4.79 Å². The second-order valence-corrected chi connectivity index (χ2v) is 6.43. The molecule has 0 bridgehead atoms. The Morgan fingerprint density at radius 1 is 1.25 bits per heavy atom. The molecule has 3 N–H and O–H groups in total. The summed E-state index contributed by atoms with van der Waals surface area (Å²) in [6.07, 6.45) is 2.67. The van der Waals surface area contributed by atoms with E-state index in [0.29, 0.717) is 17.1 Å². The molecule has 1 aliphatic rings. The second-order valence-electron chi connectivity index (χ2n) is 6.00. The maximum atomic E-state index is 12.5. The summed E-state index contributed by atoms with van der Waals surface area (Å²) in [5.41, 5.74) is 5.10. The lowest BCUT2D eigenvalue weighted by Crippen LogP contribution is -2.25. The van der Waals surface area contributed by atoms with E-state index < -0.39 is 0 Å². The van der Waals surface area contributed by atoms with Gasteiger partial charge in [-0.25, -0.2) is 0 Å². The molecule has 0 atom stereocenters. The first-order valence-corrected chi connectivity index (χ1v) is 8.31. The average molecular weight is 341 g/mol. The van der Waals surface area contributed by atoms with Crippen molar-refractivity contribution in [3.05, 3.63) is 63.8 Å². The van der Waals surface area contributed by atoms with Crippen LogP contribution in [0.1, 0.15) is 27.0 Å². The third-order valence-corrected chi connectivity index (χ3v) is 4.60. The monoisotopic (exact) mass is 340 g/mol. The molecule has 0 saturated carbocycles. The summed E-state index contributed by atoms with van der Waals surface area (Å²) in [6, 6.07) is 9.82. The molecule has 122 valence electrons. The number of nitrogens with one attached hydrogen (secondary N) is 3. The average Bonchev–Trinajstić information content (AvgIpc) is 3.07. The molecule has 2 aromatic carbocycles. The zero-order chi connectivity index (χ0) is 16.5. The van der Waals surface area contributed by atoms with Crippen molar-refractivity contribution >= 4 is 28.4 Å². The predicted molar refractivity (Wildman–Crippen MR) is 94.1 cm³/mol. The van der Waals surface area contributed by atoms with Crippen LogP contribution in [0.3, 0.4) is 0 Å². The number of H-pyrrole nitrogens is 1. The van der Waals surface area contributed by atoms with Gasteiger partial charge in [0, 0.05) is 23.5 Å². The van der Waals surface area contributed by atoms with Crippen molar-refractivity contribution in [2.75, 3.05) is 6.54 Å². The van der Waals surface area contributed by atoms with Crippen molar-refractivity contribution in [1.82, 2.24) is 20.8 Å². The van der Waals surface area contributed by atoms with E-state index in [-0.39, 0.29) is 5.91 Å². The number of rotatable bonds is 3. The maximum Gasteiger partial charge on any atom is 0.252 e. The summed E-state index contributed by atoms with van der Waals surface area (Å²) in [5.74, 6) is -0.150. The highest BCUT2D eigenvalue weighted by molar-refractivity contribution is 6.32. The number of halogens is 1. The van der Waals surface area contributed by atoms with E-state index in [1.165, 1.54) is 11.1 Å². The van der Waals surface area contributed by atoms with E-state index in [9.17, 15) is 4.79 Å². The standard InChI is InChI=1S/C18H17ClN4O/c19-14-6-15(16-10-22-23-17(16)7-14)18(24)21-8-11-1-2-13-9-20-4-3-12(13)5-11/h1-2,5-7,10,20H,3-4,8-9H2,(H,21,24)(H,22,23). The number of amides is 1. The Balaban J connectivity index is 1.53. The van der Waals surface area contributed by atoms with Gasteiger partial charge in [0.25, 0.3) is 5.91 Å². The van der Waals surface area contributed by atoms with E-state index in [4.69, 9.17) is 11.6 Å². The number of aromatic nitrogens is 2. The van der Waals surface area contributed by atoms with Crippen molar-refractivity contribution in [3.63, 3.8) is 0 Å². The Labute approximate surface area is 144 Å². The highest BCUT2D eigenvalue weighted by atomic mass is 35.5. The molecule has 0 unspecified atom stereocenters. The molecular weight excluding hydrogens is 324 g/mol. The summed E-state index contributed by atoms with van der Waals surface area (Å²) in [5, 5.41) is 14.4. The van der Waals surface area contributed by atoms with Gasteiger partial charge < -0.3 is 10.6 Å². The number of hydrogen-bond donors (Lipinski definition) is 3. The summed E-state index contributed by atoms with van der Waals surface area (Å²) in [4.78, 5) is 12.5. The third-order valence-electron chi connectivity index (χ3n) is 4.38. The lowest BCUT2D eigenvalue weighted by atomic mass is 9.98. The fraction of sp³-hybridized carbons (Fsp3) is 0.222. The molecule has 4 rings (SSSR count). The minimum absolute atomic E-state index is 0.150. The zero-order valence-electron chi connectivity index (χ0n) is 13.0. The Morgan fingerprint density at radius 2 is 2.17 bits per heavy atom. The van der Waals surface area contributed by atoms with Gasteiger partial charge in [0.15, 0.2) is 0 Å². The third kappa shape index (κ3) is 2.88. The summed E-state index contributed by atoms with van der Waals surface area (Å²) in [6.45, 7) is 2.41. The Hall–Kier alpha value is -2.37. The minimum atomic E-state index is -0.150. The molecular formula is C18H17ClN4O. The molecule has 0 saturated heterocycles. The van der Waals surface area contributed by atoms with Crippen LogP contribution in [0.25, 0.3) is 10.9 Å². The normalized spacial score (nSPS) is 13.7. The number of carbonyl (C=O) groups excluding carboxylic acids is 1. The highest BCUT2D eigenvalue weighted by Crippen LogP contribution is 2.22. The number of nitrogens with zero attached hydrogens (tertiary/aromatic N) is 1. The number of benzene rings is 2. The van der Waals surface area contributed by atoms with Gasteiger partial charge in [0.2, 0.25) is 0 Å². The van der Waals surface area contributed by atoms with Crippen LogP contribution < -0.4 is 10.6 Å². The molecule has 1 aromatic heterocycles. The van der Waals surface area contributed by atoms with Gasteiger partial charge in [-0.1, -0.05) is 29.8 Å². The smallest absolute Gasteiger partial charge is 0.252 e. The van der Waals surface area contributed by atoms with Gasteiger partial charge in [-0.2, -0.15) is 5.10 Å². The van der Waals surface area contributed by atoms with E-state index >= 15 is 0 Å². The maximum absolute atomic E-state index is 12.5. The molecule has 24 heavy (non-hydrogen) atoms. The van der Waals surface area contributed by atoms with Gasteiger partial charge in [-0.15, -0.1) is 0 Å². The van der Waals surface area contributed by atoms with Crippen LogP contribution in [-0.4, -0.2) is 22.6 Å². The van der Waals surface area contributed by atoms with E-state index in [2.05, 4.69) is 39.0 Å². The molecule has 0 aliphatic carbocycles. The molecule has 1 aliphatic heterocycles. The molecule has 0 radical (unpaired) electrons. The molecule has 0 fully saturated rings.